The van der Waals surface area contributed by atoms with Gasteiger partial charge in [-0.25, -0.2) is 9.59 Å². The van der Waals surface area contributed by atoms with Crippen LogP contribution in [-0.4, -0.2) is 68.3 Å². The van der Waals surface area contributed by atoms with Crippen molar-refractivity contribution >= 4 is 12.0 Å². The maximum absolute atomic E-state index is 11.2. The highest BCUT2D eigenvalue weighted by Crippen LogP contribution is 1.84. The number of nitrogens with one attached hydrogen (secondary N) is 2. The van der Waals surface area contributed by atoms with Gasteiger partial charge in [0.2, 0.25) is 0 Å². The third-order valence-electron chi connectivity index (χ3n) is 1.97. The van der Waals surface area contributed by atoms with Crippen LogP contribution in [0.4, 0.5) is 4.79 Å². The van der Waals surface area contributed by atoms with Gasteiger partial charge in [-0.05, 0) is 6.42 Å². The molecule has 0 aliphatic rings. The second-order valence-electron chi connectivity index (χ2n) is 3.43. The summed E-state index contributed by atoms with van der Waals surface area (Å²) >= 11 is 0. The van der Waals surface area contributed by atoms with E-state index in [-0.39, 0.29) is 0 Å². The lowest BCUT2D eigenvalue weighted by atomic mass is 10.3. The van der Waals surface area contributed by atoms with Crippen LogP contribution in [0.5, 0.6) is 0 Å². The van der Waals surface area contributed by atoms with Crippen LogP contribution in [0.3, 0.4) is 0 Å². The van der Waals surface area contributed by atoms with Crippen molar-refractivity contribution in [3.8, 4) is 0 Å². The fourth-order valence-electron chi connectivity index (χ4n) is 1.02. The number of carbonyl (C=O) groups excluding carboxylic acids is 1. The maximum atomic E-state index is 11.2. The Hall–Kier alpha value is -1.38. The van der Waals surface area contributed by atoms with Gasteiger partial charge in [0, 0.05) is 20.3 Å². The highest BCUT2D eigenvalue weighted by atomic mass is 16.5. The van der Waals surface area contributed by atoms with Crippen molar-refractivity contribution in [1.82, 2.24) is 10.6 Å². The van der Waals surface area contributed by atoms with E-state index in [4.69, 9.17) is 19.7 Å². The number of rotatable bonds is 10. The van der Waals surface area contributed by atoms with Gasteiger partial charge in [-0.2, -0.15) is 0 Å². The third-order valence-corrected chi connectivity index (χ3v) is 1.97. The zero-order valence-corrected chi connectivity index (χ0v) is 10.3. The summed E-state index contributed by atoms with van der Waals surface area (Å²) in [5, 5.41) is 21.8. The molecule has 0 rings (SSSR count). The lowest BCUT2D eigenvalue weighted by Gasteiger charge is -2.12. The highest BCUT2D eigenvalue weighted by Gasteiger charge is 2.17. The van der Waals surface area contributed by atoms with Crippen LogP contribution in [0.1, 0.15) is 6.42 Å². The molecule has 18 heavy (non-hydrogen) atoms. The summed E-state index contributed by atoms with van der Waals surface area (Å²) in [4.78, 5) is 21.7. The maximum Gasteiger partial charge on any atom is 0.328 e. The van der Waals surface area contributed by atoms with Crippen LogP contribution in [0.25, 0.3) is 0 Å². The zero-order chi connectivity index (χ0) is 13.8. The lowest BCUT2D eigenvalue weighted by Crippen LogP contribution is -2.48. The van der Waals surface area contributed by atoms with Crippen molar-refractivity contribution in [3.05, 3.63) is 0 Å². The Morgan fingerprint density at radius 1 is 1.28 bits per heavy atom. The number of carboxylic acids is 1. The minimum absolute atomic E-state index is 0.358. The average Bonchev–Trinajstić information content (AvgIpc) is 2.34. The van der Waals surface area contributed by atoms with Crippen molar-refractivity contribution < 1.29 is 29.3 Å². The van der Waals surface area contributed by atoms with Crippen LogP contribution in [0, 0.1) is 0 Å². The SMILES string of the molecule is COCCOCCCNC(=O)NC(CO)C(=O)O. The summed E-state index contributed by atoms with van der Waals surface area (Å²) in [6, 6.07) is -1.92. The van der Waals surface area contributed by atoms with Gasteiger partial charge in [0.05, 0.1) is 19.8 Å². The Morgan fingerprint density at radius 2 is 2.00 bits per heavy atom. The molecule has 1 unspecified atom stereocenters. The van der Waals surface area contributed by atoms with Gasteiger partial charge in [0.15, 0.2) is 6.04 Å². The topological polar surface area (TPSA) is 117 Å². The molecule has 0 aliphatic heterocycles. The summed E-state index contributed by atoms with van der Waals surface area (Å²) in [6.07, 6.45) is 0.605. The molecule has 0 saturated carbocycles. The zero-order valence-electron chi connectivity index (χ0n) is 10.3. The van der Waals surface area contributed by atoms with E-state index < -0.39 is 24.6 Å². The van der Waals surface area contributed by atoms with Gasteiger partial charge in [-0.3, -0.25) is 0 Å². The van der Waals surface area contributed by atoms with Gasteiger partial charge >= 0.3 is 12.0 Å². The molecule has 0 aromatic rings. The summed E-state index contributed by atoms with van der Waals surface area (Å²) in [6.45, 7) is 1.20. The van der Waals surface area contributed by atoms with Crippen LogP contribution >= 0.6 is 0 Å². The minimum atomic E-state index is -1.29. The van der Waals surface area contributed by atoms with Crippen molar-refractivity contribution in [2.45, 2.75) is 12.5 Å². The van der Waals surface area contributed by atoms with E-state index in [1.807, 2.05) is 0 Å². The molecule has 8 heteroatoms. The molecule has 0 aromatic carbocycles. The Kier molecular flexibility index (Phi) is 9.93. The molecular weight excluding hydrogens is 244 g/mol. The first kappa shape index (κ1) is 16.6. The summed E-state index contributed by atoms with van der Waals surface area (Å²) in [5.41, 5.74) is 0. The number of aliphatic hydroxyl groups is 1. The van der Waals surface area contributed by atoms with E-state index in [1.165, 1.54) is 0 Å². The van der Waals surface area contributed by atoms with E-state index in [0.29, 0.717) is 32.8 Å². The van der Waals surface area contributed by atoms with Crippen molar-refractivity contribution in [2.24, 2.45) is 0 Å². The second-order valence-corrected chi connectivity index (χ2v) is 3.43. The second kappa shape index (κ2) is 10.8. The van der Waals surface area contributed by atoms with Gasteiger partial charge < -0.3 is 30.3 Å². The first-order valence-electron chi connectivity index (χ1n) is 5.56. The molecule has 1 atom stereocenters. The van der Waals surface area contributed by atoms with Crippen molar-refractivity contribution in [3.63, 3.8) is 0 Å². The van der Waals surface area contributed by atoms with E-state index in [2.05, 4.69) is 10.6 Å². The molecule has 106 valence electrons. The van der Waals surface area contributed by atoms with Gasteiger partial charge in [-0.15, -0.1) is 0 Å². The Labute approximate surface area is 105 Å². The number of aliphatic carboxylic acids is 1. The Bertz CT molecular complexity index is 249. The van der Waals surface area contributed by atoms with Crippen LogP contribution in [0.2, 0.25) is 0 Å². The van der Waals surface area contributed by atoms with Crippen LogP contribution in [-0.2, 0) is 14.3 Å². The van der Waals surface area contributed by atoms with Gasteiger partial charge in [0.25, 0.3) is 0 Å². The predicted octanol–water partition coefficient (Wildman–Crippen LogP) is -1.22. The standard InChI is InChI=1S/C10H20N2O6/c1-17-5-6-18-4-2-3-11-10(16)12-8(7-13)9(14)15/h8,13H,2-7H2,1H3,(H,14,15)(H2,11,12,16). The number of ether oxygens (including phenoxy) is 2. The number of hydrogen-bond acceptors (Lipinski definition) is 5. The summed E-state index contributed by atoms with van der Waals surface area (Å²) in [7, 11) is 1.58. The molecule has 0 radical (unpaired) electrons. The quantitative estimate of drug-likeness (QED) is 0.368. The predicted molar refractivity (Wildman–Crippen MR) is 62.4 cm³/mol. The van der Waals surface area contributed by atoms with Crippen LogP contribution in [0.15, 0.2) is 0 Å². The van der Waals surface area contributed by atoms with E-state index >= 15 is 0 Å². The number of aliphatic hydroxyl groups excluding tert-OH is 1. The van der Waals surface area contributed by atoms with E-state index in [1.54, 1.807) is 7.11 Å². The fourth-order valence-corrected chi connectivity index (χ4v) is 1.02. The average molecular weight is 264 g/mol. The van der Waals surface area contributed by atoms with E-state index in [0.717, 1.165) is 0 Å². The molecule has 0 fully saturated rings. The molecular formula is C10H20N2O6. The van der Waals surface area contributed by atoms with Crippen LogP contribution < -0.4 is 10.6 Å². The molecule has 2 amide bonds. The number of carbonyl (C=O) groups is 2. The van der Waals surface area contributed by atoms with Gasteiger partial charge in [0.1, 0.15) is 0 Å². The van der Waals surface area contributed by atoms with E-state index in [9.17, 15) is 9.59 Å². The summed E-state index contributed by atoms with van der Waals surface area (Å²) < 4.78 is 9.95. The number of hydrogen-bond donors (Lipinski definition) is 4. The molecule has 0 aromatic heterocycles. The molecule has 4 N–H and O–H groups in total. The largest absolute Gasteiger partial charge is 0.480 e. The molecule has 0 bridgehead atoms. The Balaban J connectivity index is 3.50. The normalized spacial score (nSPS) is 11.9. The van der Waals surface area contributed by atoms with Crippen molar-refractivity contribution in [1.29, 1.82) is 0 Å². The number of amides is 2. The Morgan fingerprint density at radius 3 is 2.56 bits per heavy atom. The molecule has 8 nitrogen and oxygen atoms in total. The smallest absolute Gasteiger partial charge is 0.328 e. The van der Waals surface area contributed by atoms with Crippen molar-refractivity contribution in [2.75, 3.05) is 40.1 Å². The molecule has 0 saturated heterocycles. The minimum Gasteiger partial charge on any atom is -0.480 e. The number of methoxy groups -OCH3 is 1. The highest BCUT2D eigenvalue weighted by molar-refractivity contribution is 5.82. The number of carboxylic acid groups (broad SMARTS) is 1. The molecule has 0 aliphatic carbocycles. The summed E-state index contributed by atoms with van der Waals surface area (Å²) in [5.74, 6) is -1.28. The fraction of sp³-hybridized carbons (Fsp3) is 0.800. The van der Waals surface area contributed by atoms with Gasteiger partial charge in [-0.1, -0.05) is 0 Å². The molecule has 0 spiro atoms. The third kappa shape index (κ3) is 8.74. The first-order chi connectivity index (χ1) is 8.61. The molecule has 0 heterocycles. The first-order valence-corrected chi connectivity index (χ1v) is 5.56. The lowest BCUT2D eigenvalue weighted by molar-refractivity contribution is -0.140. The number of urea groups is 1. The monoisotopic (exact) mass is 264 g/mol.